The van der Waals surface area contributed by atoms with Crippen LogP contribution in [0.5, 0.6) is 0 Å². The summed E-state index contributed by atoms with van der Waals surface area (Å²) in [5.41, 5.74) is 0. The average molecular weight is 940 g/mol. The third kappa shape index (κ3) is 54.2. The highest BCUT2D eigenvalue weighted by Gasteiger charge is 2.19. The highest BCUT2D eigenvalue weighted by Crippen LogP contribution is 2.16. The lowest BCUT2D eigenvalue weighted by molar-refractivity contribution is -0.167. The van der Waals surface area contributed by atoms with Gasteiger partial charge in [-0.1, -0.05) is 256 Å². The van der Waals surface area contributed by atoms with Crippen molar-refractivity contribution >= 4 is 17.9 Å². The van der Waals surface area contributed by atoms with Crippen molar-refractivity contribution in [2.75, 3.05) is 13.2 Å². The molecule has 0 aromatic carbocycles. The van der Waals surface area contributed by atoms with Crippen molar-refractivity contribution < 1.29 is 28.6 Å². The van der Waals surface area contributed by atoms with E-state index in [2.05, 4.69) is 69.4 Å². The Labute approximate surface area is 416 Å². The van der Waals surface area contributed by atoms with Crippen molar-refractivity contribution in [2.24, 2.45) is 0 Å². The molecule has 0 rings (SSSR count). The third-order valence-corrected chi connectivity index (χ3v) is 12.8. The van der Waals surface area contributed by atoms with Crippen LogP contribution in [-0.2, 0) is 28.6 Å². The van der Waals surface area contributed by atoms with Crippen LogP contribution >= 0.6 is 0 Å². The first-order chi connectivity index (χ1) is 33.0. The molecule has 0 N–H and O–H groups in total. The molecule has 0 bridgehead atoms. The lowest BCUT2D eigenvalue weighted by Crippen LogP contribution is -2.30. The molecule has 0 aliphatic heterocycles. The van der Waals surface area contributed by atoms with E-state index in [1.165, 1.54) is 180 Å². The van der Waals surface area contributed by atoms with Crippen LogP contribution in [0.15, 0.2) is 48.6 Å². The second kappa shape index (κ2) is 56.0. The van der Waals surface area contributed by atoms with Gasteiger partial charge >= 0.3 is 17.9 Å². The zero-order chi connectivity index (χ0) is 48.6. The molecule has 0 heterocycles. The van der Waals surface area contributed by atoms with Gasteiger partial charge in [-0.25, -0.2) is 0 Å². The van der Waals surface area contributed by atoms with Gasteiger partial charge in [-0.15, -0.1) is 0 Å². The minimum atomic E-state index is -0.776. The van der Waals surface area contributed by atoms with Crippen LogP contribution in [0, 0.1) is 0 Å². The number of ether oxygens (including phenoxy) is 3. The van der Waals surface area contributed by atoms with Crippen molar-refractivity contribution in [2.45, 2.75) is 309 Å². The molecule has 6 heteroatoms. The van der Waals surface area contributed by atoms with E-state index < -0.39 is 6.10 Å². The van der Waals surface area contributed by atoms with Gasteiger partial charge in [0.2, 0.25) is 0 Å². The van der Waals surface area contributed by atoms with E-state index in [9.17, 15) is 14.4 Å². The predicted molar refractivity (Wildman–Crippen MR) is 289 cm³/mol. The molecule has 0 aliphatic carbocycles. The van der Waals surface area contributed by atoms with Crippen LogP contribution < -0.4 is 0 Å². The maximum Gasteiger partial charge on any atom is 0.306 e. The van der Waals surface area contributed by atoms with Crippen molar-refractivity contribution in [3.8, 4) is 0 Å². The number of esters is 3. The molecule has 0 aromatic rings. The third-order valence-electron chi connectivity index (χ3n) is 12.8. The average Bonchev–Trinajstić information content (AvgIpc) is 3.33. The molecule has 1 unspecified atom stereocenters. The zero-order valence-electron chi connectivity index (χ0n) is 44.7. The molecule has 0 spiro atoms. The van der Waals surface area contributed by atoms with Gasteiger partial charge in [0.15, 0.2) is 6.10 Å². The van der Waals surface area contributed by atoms with Crippen LogP contribution in [0.3, 0.4) is 0 Å². The Bertz CT molecular complexity index is 1170. The molecule has 0 saturated heterocycles. The Morgan fingerprint density at radius 2 is 0.582 bits per heavy atom. The van der Waals surface area contributed by atoms with Crippen molar-refractivity contribution in [3.63, 3.8) is 0 Å². The van der Waals surface area contributed by atoms with Crippen LogP contribution in [0.25, 0.3) is 0 Å². The summed E-state index contributed by atoms with van der Waals surface area (Å²) in [5.74, 6) is -0.874. The lowest BCUT2D eigenvalue weighted by Gasteiger charge is -2.18. The van der Waals surface area contributed by atoms with Gasteiger partial charge in [-0.3, -0.25) is 14.4 Å². The molecular weight excluding hydrogens is 829 g/mol. The number of carbonyl (C=O) groups excluding carboxylic acids is 3. The van der Waals surface area contributed by atoms with Crippen molar-refractivity contribution in [3.05, 3.63) is 48.6 Å². The normalized spacial score (nSPS) is 12.3. The lowest BCUT2D eigenvalue weighted by atomic mass is 10.1. The number of hydrogen-bond donors (Lipinski definition) is 0. The summed E-state index contributed by atoms with van der Waals surface area (Å²) >= 11 is 0. The predicted octanol–water partition coefficient (Wildman–Crippen LogP) is 19.4. The fourth-order valence-electron chi connectivity index (χ4n) is 8.45. The first-order valence-corrected chi connectivity index (χ1v) is 29.1. The molecule has 0 amide bonds. The highest BCUT2D eigenvalue weighted by atomic mass is 16.6. The number of unbranched alkanes of at least 4 members (excludes halogenated alkanes) is 34. The minimum Gasteiger partial charge on any atom is -0.462 e. The summed E-state index contributed by atoms with van der Waals surface area (Å²) in [7, 11) is 0. The molecule has 0 saturated carbocycles. The van der Waals surface area contributed by atoms with E-state index in [4.69, 9.17) is 14.2 Å². The van der Waals surface area contributed by atoms with E-state index >= 15 is 0 Å². The van der Waals surface area contributed by atoms with Gasteiger partial charge in [-0.2, -0.15) is 0 Å². The van der Waals surface area contributed by atoms with Gasteiger partial charge in [0.05, 0.1) is 0 Å². The van der Waals surface area contributed by atoms with Crippen LogP contribution in [0.4, 0.5) is 0 Å². The van der Waals surface area contributed by atoms with Gasteiger partial charge in [0.25, 0.3) is 0 Å². The van der Waals surface area contributed by atoms with E-state index in [0.717, 1.165) is 83.5 Å². The second-order valence-electron chi connectivity index (χ2n) is 19.5. The monoisotopic (exact) mass is 939 g/mol. The Hall–Kier alpha value is -2.63. The maximum atomic E-state index is 12.8. The molecule has 67 heavy (non-hydrogen) atoms. The fraction of sp³-hybridized carbons (Fsp3) is 0.820. The first kappa shape index (κ1) is 64.4. The van der Waals surface area contributed by atoms with Crippen molar-refractivity contribution in [1.82, 2.24) is 0 Å². The number of allylic oxidation sites excluding steroid dienone is 8. The molecular formula is C61H110O6. The minimum absolute atomic E-state index is 0.0749. The second-order valence-corrected chi connectivity index (χ2v) is 19.5. The van der Waals surface area contributed by atoms with Crippen LogP contribution in [-0.4, -0.2) is 37.2 Å². The topological polar surface area (TPSA) is 78.9 Å². The Morgan fingerprint density at radius 3 is 0.925 bits per heavy atom. The van der Waals surface area contributed by atoms with E-state index in [0.29, 0.717) is 19.3 Å². The first-order valence-electron chi connectivity index (χ1n) is 29.1. The van der Waals surface area contributed by atoms with E-state index in [1.54, 1.807) is 0 Å². The Kier molecular flexibility index (Phi) is 53.8. The molecule has 0 fully saturated rings. The van der Waals surface area contributed by atoms with Crippen molar-refractivity contribution in [1.29, 1.82) is 0 Å². The summed E-state index contributed by atoms with van der Waals surface area (Å²) in [6.45, 7) is 6.55. The Balaban J connectivity index is 4.30. The molecule has 6 nitrogen and oxygen atoms in total. The molecule has 0 radical (unpaired) electrons. The number of rotatable bonds is 53. The quantitative estimate of drug-likeness (QED) is 0.0262. The summed E-state index contributed by atoms with van der Waals surface area (Å²) in [6, 6.07) is 0. The van der Waals surface area contributed by atoms with Gasteiger partial charge in [0, 0.05) is 19.3 Å². The maximum absolute atomic E-state index is 12.8. The summed E-state index contributed by atoms with van der Waals surface area (Å²) in [4.78, 5) is 38.1. The number of hydrogen-bond acceptors (Lipinski definition) is 6. The van der Waals surface area contributed by atoms with E-state index in [-0.39, 0.29) is 31.1 Å². The molecule has 0 aromatic heterocycles. The highest BCUT2D eigenvalue weighted by molar-refractivity contribution is 5.71. The van der Waals surface area contributed by atoms with Gasteiger partial charge in [-0.05, 0) is 77.0 Å². The Morgan fingerprint density at radius 1 is 0.313 bits per heavy atom. The summed E-state index contributed by atoms with van der Waals surface area (Å²) in [5, 5.41) is 0. The fourth-order valence-corrected chi connectivity index (χ4v) is 8.45. The van der Waals surface area contributed by atoms with Gasteiger partial charge < -0.3 is 14.2 Å². The smallest absolute Gasteiger partial charge is 0.306 e. The molecule has 0 aliphatic rings. The summed E-state index contributed by atoms with van der Waals surface area (Å²) < 4.78 is 16.9. The van der Waals surface area contributed by atoms with Crippen LogP contribution in [0.2, 0.25) is 0 Å². The van der Waals surface area contributed by atoms with Crippen LogP contribution in [0.1, 0.15) is 303 Å². The molecule has 1 atom stereocenters. The number of carbonyl (C=O) groups is 3. The standard InChI is InChI=1S/C61H110O6/c1-4-7-10-13-16-19-22-24-26-28-29-30-31-33-34-36-39-42-45-48-51-54-60(63)66-57-58(56-65-59(62)53-50-47-44-41-38-21-18-15-12-9-6-3)67-61(64)55-52-49-46-43-40-37-35-32-27-25-23-20-17-14-11-8-5-2/h8,11,17,20,25,27-29,58H,4-7,9-10,12-16,18-19,21-24,26,30-57H2,1-3H3/b11-8-,20-17-,27-25-,29-28-. The largest absolute Gasteiger partial charge is 0.462 e. The SMILES string of the molecule is CC/C=C\C/C=C\C/C=C\CCCCCCCCCC(=O)OC(COC(=O)CCCCCCCCCCC/C=C\CCCCCCCCCC)COC(=O)CCCCCCCCCCCCC. The molecule has 390 valence electrons. The van der Waals surface area contributed by atoms with E-state index in [1.807, 2.05) is 0 Å². The zero-order valence-corrected chi connectivity index (χ0v) is 44.7. The van der Waals surface area contributed by atoms with Gasteiger partial charge in [0.1, 0.15) is 13.2 Å². The summed E-state index contributed by atoms with van der Waals surface area (Å²) in [6.07, 6.45) is 68.2.